The van der Waals surface area contributed by atoms with Gasteiger partial charge in [0.15, 0.2) is 0 Å². The maximum absolute atomic E-state index is 2.52. The summed E-state index contributed by atoms with van der Waals surface area (Å²) in [5, 5.41) is 0. The Labute approximate surface area is 230 Å². The number of rotatable bonds is 12. The molecule has 0 aliphatic heterocycles. The van der Waals surface area contributed by atoms with Crippen LogP contribution in [-0.4, -0.2) is 0 Å². The standard InChI is InChI=1S/C37H56/c1-5-7-10-14-31-15-17-33(18-16-31)36-24-21-34(28-29(36)3)30(4)32-19-22-35(23-20-32)37(25-11-8-6-2)26-12-9-13-27-37/h15-18,21,24,28,30,32,35H,5-14,19-20,22-23,25-27H2,1-4H3/t30?,32-,35-. The van der Waals surface area contributed by atoms with Gasteiger partial charge in [0.1, 0.15) is 0 Å². The van der Waals surface area contributed by atoms with Crippen LogP contribution in [-0.2, 0) is 6.42 Å². The lowest BCUT2D eigenvalue weighted by atomic mass is 9.58. The highest BCUT2D eigenvalue weighted by atomic mass is 14.5. The van der Waals surface area contributed by atoms with Crippen molar-refractivity contribution in [2.75, 3.05) is 0 Å². The first-order chi connectivity index (χ1) is 18.1. The highest BCUT2D eigenvalue weighted by molar-refractivity contribution is 5.68. The minimum Gasteiger partial charge on any atom is -0.0654 e. The minimum absolute atomic E-state index is 0.678. The fourth-order valence-electron chi connectivity index (χ4n) is 8.07. The fraction of sp³-hybridized carbons (Fsp3) is 0.676. The predicted molar refractivity (Wildman–Crippen MR) is 163 cm³/mol. The number of hydrogen-bond donors (Lipinski definition) is 0. The Morgan fingerprint density at radius 2 is 1.46 bits per heavy atom. The summed E-state index contributed by atoms with van der Waals surface area (Å²) < 4.78 is 0. The first kappa shape index (κ1) is 28.4. The van der Waals surface area contributed by atoms with Crippen LogP contribution in [0, 0.1) is 24.2 Å². The van der Waals surface area contributed by atoms with E-state index in [1.165, 1.54) is 131 Å². The third kappa shape index (κ3) is 7.30. The van der Waals surface area contributed by atoms with Crippen LogP contribution in [0.1, 0.15) is 146 Å². The molecule has 2 aliphatic carbocycles. The molecule has 2 aromatic carbocycles. The molecule has 0 spiro atoms. The molecule has 0 bridgehead atoms. The van der Waals surface area contributed by atoms with E-state index in [9.17, 15) is 0 Å². The average Bonchev–Trinajstić information content (AvgIpc) is 2.94. The molecule has 1 unspecified atom stereocenters. The second-order valence-corrected chi connectivity index (χ2v) is 13.0. The van der Waals surface area contributed by atoms with E-state index in [0.717, 1.165) is 11.8 Å². The van der Waals surface area contributed by atoms with Crippen LogP contribution in [0.2, 0.25) is 0 Å². The van der Waals surface area contributed by atoms with Crippen LogP contribution in [0.4, 0.5) is 0 Å². The van der Waals surface area contributed by atoms with Crippen molar-refractivity contribution in [2.45, 2.75) is 143 Å². The van der Waals surface area contributed by atoms with Gasteiger partial charge in [-0.05, 0) is 116 Å². The molecule has 4 rings (SSSR count). The zero-order valence-electron chi connectivity index (χ0n) is 24.8. The molecular formula is C37H56. The Morgan fingerprint density at radius 3 is 2.11 bits per heavy atom. The van der Waals surface area contributed by atoms with E-state index < -0.39 is 0 Å². The largest absolute Gasteiger partial charge is 0.0654 e. The molecular weight excluding hydrogens is 444 g/mol. The molecule has 2 aromatic rings. The highest BCUT2D eigenvalue weighted by Gasteiger charge is 2.41. The van der Waals surface area contributed by atoms with Crippen LogP contribution in [0.3, 0.4) is 0 Å². The molecule has 204 valence electrons. The summed E-state index contributed by atoms with van der Waals surface area (Å²) in [6, 6.07) is 16.7. The van der Waals surface area contributed by atoms with E-state index in [1.807, 2.05) is 0 Å². The van der Waals surface area contributed by atoms with E-state index in [1.54, 1.807) is 5.56 Å². The highest BCUT2D eigenvalue weighted by Crippen LogP contribution is 2.53. The third-order valence-corrected chi connectivity index (χ3v) is 10.6. The van der Waals surface area contributed by atoms with Gasteiger partial charge in [0.2, 0.25) is 0 Å². The van der Waals surface area contributed by atoms with E-state index in [-0.39, 0.29) is 0 Å². The summed E-state index contributed by atoms with van der Waals surface area (Å²) in [4.78, 5) is 0. The van der Waals surface area contributed by atoms with E-state index >= 15 is 0 Å². The summed E-state index contributed by atoms with van der Waals surface area (Å²) in [5.41, 5.74) is 7.97. The maximum Gasteiger partial charge on any atom is -0.0155 e. The van der Waals surface area contributed by atoms with Crippen molar-refractivity contribution >= 4 is 0 Å². The Morgan fingerprint density at radius 1 is 0.784 bits per heavy atom. The molecule has 0 nitrogen and oxygen atoms in total. The van der Waals surface area contributed by atoms with Gasteiger partial charge in [0, 0.05) is 0 Å². The van der Waals surface area contributed by atoms with Gasteiger partial charge in [-0.2, -0.15) is 0 Å². The van der Waals surface area contributed by atoms with Gasteiger partial charge in [0.25, 0.3) is 0 Å². The number of aryl methyl sites for hydroxylation is 2. The Kier molecular flexibility index (Phi) is 10.8. The number of benzene rings is 2. The van der Waals surface area contributed by atoms with Gasteiger partial charge in [-0.1, -0.05) is 115 Å². The van der Waals surface area contributed by atoms with Gasteiger partial charge in [-0.3, -0.25) is 0 Å². The van der Waals surface area contributed by atoms with Crippen molar-refractivity contribution in [1.29, 1.82) is 0 Å². The van der Waals surface area contributed by atoms with Crippen LogP contribution in [0.5, 0.6) is 0 Å². The molecule has 0 amide bonds. The SMILES string of the molecule is CCCCCc1ccc(-c2ccc(C(C)[C@H]3CC[C@H](C4(CCCCC)CCCCC4)CC3)cc2C)cc1. The summed E-state index contributed by atoms with van der Waals surface area (Å²) in [6.45, 7) is 9.48. The molecule has 0 heteroatoms. The first-order valence-corrected chi connectivity index (χ1v) is 16.3. The van der Waals surface area contributed by atoms with Crippen LogP contribution in [0.25, 0.3) is 11.1 Å². The van der Waals surface area contributed by atoms with Crippen molar-refractivity contribution < 1.29 is 0 Å². The molecule has 37 heavy (non-hydrogen) atoms. The third-order valence-electron chi connectivity index (χ3n) is 10.6. The second kappa shape index (κ2) is 14.0. The van der Waals surface area contributed by atoms with E-state index in [2.05, 4.69) is 70.2 Å². The molecule has 0 heterocycles. The van der Waals surface area contributed by atoms with Gasteiger partial charge < -0.3 is 0 Å². The van der Waals surface area contributed by atoms with Crippen molar-refractivity contribution in [1.82, 2.24) is 0 Å². The fourth-order valence-corrected chi connectivity index (χ4v) is 8.07. The Hall–Kier alpha value is -1.56. The van der Waals surface area contributed by atoms with Crippen LogP contribution in [0.15, 0.2) is 42.5 Å². The average molecular weight is 501 g/mol. The summed E-state index contributed by atoms with van der Waals surface area (Å²) in [6.07, 6.45) is 24.4. The minimum atomic E-state index is 0.678. The first-order valence-electron chi connectivity index (χ1n) is 16.3. The topological polar surface area (TPSA) is 0 Å². The molecule has 2 saturated carbocycles. The lowest BCUT2D eigenvalue weighted by molar-refractivity contribution is 0.0409. The molecule has 0 N–H and O–H groups in total. The second-order valence-electron chi connectivity index (χ2n) is 13.0. The number of unbranched alkanes of at least 4 members (excludes halogenated alkanes) is 4. The molecule has 0 aromatic heterocycles. The molecule has 2 fully saturated rings. The van der Waals surface area contributed by atoms with Gasteiger partial charge in [0.05, 0.1) is 0 Å². The maximum atomic E-state index is 2.52. The lowest BCUT2D eigenvalue weighted by Crippen LogP contribution is -2.36. The Bertz CT molecular complexity index is 921. The van der Waals surface area contributed by atoms with Gasteiger partial charge in [-0.15, -0.1) is 0 Å². The van der Waals surface area contributed by atoms with Crippen molar-refractivity contribution in [2.24, 2.45) is 17.3 Å². The zero-order valence-corrected chi connectivity index (χ0v) is 24.8. The smallest absolute Gasteiger partial charge is 0.0155 e. The van der Waals surface area contributed by atoms with Crippen molar-refractivity contribution in [3.05, 3.63) is 59.2 Å². The van der Waals surface area contributed by atoms with Crippen LogP contribution < -0.4 is 0 Å². The summed E-state index contributed by atoms with van der Waals surface area (Å²) in [5.74, 6) is 2.54. The molecule has 0 saturated heterocycles. The molecule has 1 atom stereocenters. The van der Waals surface area contributed by atoms with Crippen molar-refractivity contribution in [3.8, 4) is 11.1 Å². The van der Waals surface area contributed by atoms with Crippen LogP contribution >= 0.6 is 0 Å². The predicted octanol–water partition coefficient (Wildman–Crippen LogP) is 11.8. The van der Waals surface area contributed by atoms with E-state index in [0.29, 0.717) is 11.3 Å². The summed E-state index contributed by atoms with van der Waals surface area (Å²) in [7, 11) is 0. The molecule has 2 aliphatic rings. The van der Waals surface area contributed by atoms with E-state index in [4.69, 9.17) is 0 Å². The molecule has 0 radical (unpaired) electrons. The van der Waals surface area contributed by atoms with Gasteiger partial charge in [-0.25, -0.2) is 0 Å². The van der Waals surface area contributed by atoms with Crippen molar-refractivity contribution in [3.63, 3.8) is 0 Å². The number of hydrogen-bond acceptors (Lipinski definition) is 0. The normalized spacial score (nSPS) is 22.6. The summed E-state index contributed by atoms with van der Waals surface area (Å²) >= 11 is 0. The zero-order chi connectivity index (χ0) is 26.1. The monoisotopic (exact) mass is 500 g/mol. The lowest BCUT2D eigenvalue weighted by Gasteiger charge is -2.47. The van der Waals surface area contributed by atoms with Gasteiger partial charge >= 0.3 is 0 Å². The Balaban J connectivity index is 1.36. The quantitative estimate of drug-likeness (QED) is 0.254.